The van der Waals surface area contributed by atoms with E-state index in [0.717, 1.165) is 56.3 Å². The Kier molecular flexibility index (Phi) is 91.9. The molecule has 0 amide bonds. The molecule has 0 unspecified atom stereocenters. The van der Waals surface area contributed by atoms with Crippen molar-refractivity contribution in [3.63, 3.8) is 0 Å². The van der Waals surface area contributed by atoms with E-state index in [4.69, 9.17) is 14.2 Å². The molecule has 0 aromatic carbocycles. The van der Waals surface area contributed by atoms with Crippen LogP contribution in [-0.2, 0) is 28.6 Å². The van der Waals surface area contributed by atoms with E-state index in [-0.39, 0.29) is 17.9 Å². The van der Waals surface area contributed by atoms with Crippen molar-refractivity contribution in [2.75, 3.05) is 19.8 Å². The van der Waals surface area contributed by atoms with E-state index in [1.165, 1.54) is 405 Å². The van der Waals surface area contributed by atoms with Gasteiger partial charge in [0.15, 0.2) is 0 Å². The number of esters is 3. The Morgan fingerprint density at radius 2 is 0.302 bits per heavy atom. The fourth-order valence-electron chi connectivity index (χ4n) is 13.3. The zero-order valence-electron chi connectivity index (χ0n) is 67.7. The van der Waals surface area contributed by atoms with E-state index in [1.54, 1.807) is 0 Å². The molecule has 0 saturated carbocycles. The molecule has 0 aliphatic heterocycles. The Labute approximate surface area is 605 Å². The zero-order chi connectivity index (χ0) is 70.6. The first kappa shape index (κ1) is 98.6. The van der Waals surface area contributed by atoms with Crippen molar-refractivity contribution in [2.24, 2.45) is 17.8 Å². The summed E-state index contributed by atoms with van der Waals surface area (Å²) in [5.41, 5.74) is 0. The predicted molar refractivity (Wildman–Crippen MR) is 427 cm³/mol. The van der Waals surface area contributed by atoms with Gasteiger partial charge in [-0.2, -0.15) is 0 Å². The van der Waals surface area contributed by atoms with E-state index in [9.17, 15) is 14.4 Å². The molecule has 0 heterocycles. The molecule has 0 aromatic heterocycles. The Hall–Kier alpha value is -1.59. The second-order valence-electron chi connectivity index (χ2n) is 31.7. The van der Waals surface area contributed by atoms with E-state index >= 15 is 0 Å². The Balaban J connectivity index is -0.00000135. The summed E-state index contributed by atoms with van der Waals surface area (Å²) < 4.78 is 16.2. The lowest BCUT2D eigenvalue weighted by molar-refractivity contribution is -0.144. The van der Waals surface area contributed by atoms with Gasteiger partial charge in [-0.1, -0.05) is 467 Å². The number of ether oxygens (including phenoxy) is 3. The standard InChI is InChI=1S/3C30H60O2/c3*1-4-5-6-7-8-14-18-21-24-27-30(31)32-28-25-22-19-16-13-11-9-10-12-15-17-20-23-26-29(2)3/h3*29H,4-28H2,1-3H3. The van der Waals surface area contributed by atoms with Crippen LogP contribution in [-0.4, -0.2) is 37.7 Å². The minimum absolute atomic E-state index is 0.0212. The molecule has 0 spiro atoms. The van der Waals surface area contributed by atoms with Gasteiger partial charge >= 0.3 is 17.9 Å². The summed E-state index contributed by atoms with van der Waals surface area (Å²) in [6.45, 7) is 22.7. The number of hydrogen-bond acceptors (Lipinski definition) is 6. The van der Waals surface area contributed by atoms with Crippen molar-refractivity contribution >= 4 is 17.9 Å². The van der Waals surface area contributed by atoms with Crippen molar-refractivity contribution in [3.8, 4) is 0 Å². The molecule has 6 nitrogen and oxygen atoms in total. The van der Waals surface area contributed by atoms with Crippen molar-refractivity contribution < 1.29 is 28.6 Å². The summed E-state index contributed by atoms with van der Waals surface area (Å²) in [4.78, 5) is 35.4. The number of hydrogen-bond donors (Lipinski definition) is 0. The van der Waals surface area contributed by atoms with Crippen LogP contribution < -0.4 is 0 Å². The van der Waals surface area contributed by atoms with E-state index in [2.05, 4.69) is 62.3 Å². The predicted octanol–water partition coefficient (Wildman–Crippen LogP) is 31.7. The maximum atomic E-state index is 11.8. The normalized spacial score (nSPS) is 11.4. The van der Waals surface area contributed by atoms with Crippen molar-refractivity contribution in [1.29, 1.82) is 0 Å². The van der Waals surface area contributed by atoms with Crippen molar-refractivity contribution in [2.45, 2.75) is 525 Å². The molecule has 576 valence electrons. The van der Waals surface area contributed by atoms with Gasteiger partial charge in [-0.15, -0.1) is 0 Å². The average molecular weight is 1360 g/mol. The summed E-state index contributed by atoms with van der Waals surface area (Å²) >= 11 is 0. The van der Waals surface area contributed by atoms with Crippen LogP contribution in [0.5, 0.6) is 0 Å². The quantitative estimate of drug-likeness (QED) is 0.0343. The third-order valence-electron chi connectivity index (χ3n) is 20.0. The van der Waals surface area contributed by atoms with E-state index < -0.39 is 0 Å². The molecule has 0 saturated heterocycles. The highest BCUT2D eigenvalue weighted by Gasteiger charge is 2.07. The molecule has 0 fully saturated rings. The van der Waals surface area contributed by atoms with Gasteiger partial charge in [0.25, 0.3) is 0 Å². The van der Waals surface area contributed by atoms with Gasteiger partial charge in [0.2, 0.25) is 0 Å². The van der Waals surface area contributed by atoms with Gasteiger partial charge in [-0.25, -0.2) is 0 Å². The highest BCUT2D eigenvalue weighted by Crippen LogP contribution is 2.20. The molecule has 0 aromatic rings. The van der Waals surface area contributed by atoms with Crippen LogP contribution in [0.3, 0.4) is 0 Å². The Bertz CT molecular complexity index is 1260. The molecule has 0 atom stereocenters. The first-order valence-electron chi connectivity index (χ1n) is 44.5. The van der Waals surface area contributed by atoms with Gasteiger partial charge in [0, 0.05) is 19.3 Å². The van der Waals surface area contributed by atoms with Crippen LogP contribution in [0.2, 0.25) is 0 Å². The van der Waals surface area contributed by atoms with Gasteiger partial charge in [0.1, 0.15) is 0 Å². The minimum atomic E-state index is 0.0212. The Morgan fingerprint density at radius 1 is 0.177 bits per heavy atom. The summed E-state index contributed by atoms with van der Waals surface area (Å²) in [5.74, 6) is 2.69. The fourth-order valence-corrected chi connectivity index (χ4v) is 13.3. The lowest BCUT2D eigenvalue weighted by Crippen LogP contribution is -2.05. The van der Waals surface area contributed by atoms with Crippen LogP contribution >= 0.6 is 0 Å². The molecule has 0 aliphatic carbocycles. The maximum absolute atomic E-state index is 11.8. The molecule has 6 heteroatoms. The largest absolute Gasteiger partial charge is 0.466 e. The monoisotopic (exact) mass is 1360 g/mol. The number of carbonyl (C=O) groups is 3. The van der Waals surface area contributed by atoms with Crippen LogP contribution in [0.25, 0.3) is 0 Å². The van der Waals surface area contributed by atoms with E-state index in [1.807, 2.05) is 0 Å². The van der Waals surface area contributed by atoms with Gasteiger partial charge < -0.3 is 14.2 Å². The Morgan fingerprint density at radius 3 is 0.448 bits per heavy atom. The van der Waals surface area contributed by atoms with Crippen molar-refractivity contribution in [1.82, 2.24) is 0 Å². The summed E-state index contributed by atoms with van der Waals surface area (Å²) in [6.07, 6.45) is 94.1. The highest BCUT2D eigenvalue weighted by molar-refractivity contribution is 5.69. The zero-order valence-corrected chi connectivity index (χ0v) is 67.7. The lowest BCUT2D eigenvalue weighted by atomic mass is 10.0. The number of rotatable bonds is 78. The summed E-state index contributed by atoms with van der Waals surface area (Å²) in [6, 6.07) is 0. The second-order valence-corrected chi connectivity index (χ2v) is 31.7. The number of carbonyl (C=O) groups excluding carboxylic acids is 3. The average Bonchev–Trinajstić information content (AvgIpc) is 3.71. The van der Waals surface area contributed by atoms with Gasteiger partial charge in [-0.3, -0.25) is 14.4 Å². The van der Waals surface area contributed by atoms with E-state index in [0.29, 0.717) is 39.1 Å². The first-order valence-corrected chi connectivity index (χ1v) is 44.5. The molecule has 0 bridgehead atoms. The molecule has 0 aliphatic rings. The third-order valence-corrected chi connectivity index (χ3v) is 20.0. The number of unbranched alkanes of at least 4 members (excludes halogenated alkanes) is 60. The smallest absolute Gasteiger partial charge is 0.305 e. The van der Waals surface area contributed by atoms with Crippen LogP contribution in [0.15, 0.2) is 0 Å². The van der Waals surface area contributed by atoms with Crippen LogP contribution in [0.1, 0.15) is 525 Å². The molecular formula is C90H180O6. The summed E-state index contributed by atoms with van der Waals surface area (Å²) in [7, 11) is 0. The lowest BCUT2D eigenvalue weighted by Gasteiger charge is -2.06. The fraction of sp³-hybridized carbons (Fsp3) is 0.967. The maximum Gasteiger partial charge on any atom is 0.305 e. The first-order chi connectivity index (χ1) is 47.0. The summed E-state index contributed by atoms with van der Waals surface area (Å²) in [5, 5.41) is 0. The van der Waals surface area contributed by atoms with Crippen LogP contribution in [0.4, 0.5) is 0 Å². The topological polar surface area (TPSA) is 78.9 Å². The third kappa shape index (κ3) is 98.8. The molecule has 0 radical (unpaired) electrons. The van der Waals surface area contributed by atoms with Gasteiger partial charge in [-0.05, 0) is 56.3 Å². The molecule has 96 heavy (non-hydrogen) atoms. The SMILES string of the molecule is CCCCCCCCCCCC(=O)OCCCCCCCCCCCCCCCC(C)C.CCCCCCCCCCCC(=O)OCCCCCCCCCCCCCCCC(C)C.CCCCCCCCCCCC(=O)OCCCCCCCCCCCCCCCC(C)C. The van der Waals surface area contributed by atoms with Crippen molar-refractivity contribution in [3.05, 3.63) is 0 Å². The van der Waals surface area contributed by atoms with Crippen LogP contribution in [0, 0.1) is 17.8 Å². The minimum Gasteiger partial charge on any atom is -0.466 e. The molecule has 0 rings (SSSR count). The second kappa shape index (κ2) is 89.5. The molecule has 0 N–H and O–H groups in total. The van der Waals surface area contributed by atoms with Gasteiger partial charge in [0.05, 0.1) is 19.8 Å². The molecular weight excluding hydrogens is 1180 g/mol. The highest BCUT2D eigenvalue weighted by atomic mass is 16.5.